The normalized spacial score (nSPS) is 13.8. The molecule has 0 amide bonds. The molecule has 3 nitrogen and oxygen atoms in total. The van der Waals surface area contributed by atoms with E-state index in [1.54, 1.807) is 24.3 Å². The highest BCUT2D eigenvalue weighted by Crippen LogP contribution is 2.34. The lowest BCUT2D eigenvalue weighted by atomic mass is 10.1. The molecule has 0 heterocycles. The van der Waals surface area contributed by atoms with Crippen molar-refractivity contribution in [3.8, 4) is 0 Å². The molecule has 3 rings (SSSR count). The number of alkyl halides is 3. The van der Waals surface area contributed by atoms with Gasteiger partial charge >= 0.3 is 6.18 Å². The average molecular weight is 366 g/mol. The zero-order valence-corrected chi connectivity index (χ0v) is 13.4. The van der Waals surface area contributed by atoms with Crippen molar-refractivity contribution in [2.24, 2.45) is 0 Å². The fourth-order valence-corrected chi connectivity index (χ4v) is 2.74. The molecule has 25 heavy (non-hydrogen) atoms. The second kappa shape index (κ2) is 6.37. The fraction of sp³-hybridized carbons (Fsp3) is 0.111. The molecular formula is C18H11ClF3NO2. The molecule has 7 heteroatoms. The van der Waals surface area contributed by atoms with Crippen molar-refractivity contribution in [1.29, 1.82) is 0 Å². The summed E-state index contributed by atoms with van der Waals surface area (Å²) in [5.41, 5.74) is -0.111. The van der Waals surface area contributed by atoms with Crippen molar-refractivity contribution in [2.75, 3.05) is 11.9 Å². The summed E-state index contributed by atoms with van der Waals surface area (Å²) in [6, 6.07) is 9.35. The van der Waals surface area contributed by atoms with E-state index >= 15 is 0 Å². The van der Waals surface area contributed by atoms with Crippen LogP contribution >= 0.6 is 11.6 Å². The lowest BCUT2D eigenvalue weighted by Gasteiger charge is -2.11. The zero-order chi connectivity index (χ0) is 18.2. The first-order valence-electron chi connectivity index (χ1n) is 7.28. The van der Waals surface area contributed by atoms with Crippen molar-refractivity contribution >= 4 is 28.9 Å². The minimum atomic E-state index is -4.49. The van der Waals surface area contributed by atoms with Crippen molar-refractivity contribution in [2.45, 2.75) is 6.18 Å². The maximum absolute atomic E-state index is 12.7. The second-order valence-electron chi connectivity index (χ2n) is 5.39. The van der Waals surface area contributed by atoms with Crippen LogP contribution in [0.15, 0.2) is 54.1 Å². The predicted molar refractivity (Wildman–Crippen MR) is 88.1 cm³/mol. The van der Waals surface area contributed by atoms with Gasteiger partial charge in [0.15, 0.2) is 11.6 Å². The molecular weight excluding hydrogens is 355 g/mol. The number of halogens is 4. The Labute approximate surface area is 146 Å². The van der Waals surface area contributed by atoms with Gasteiger partial charge in [-0.1, -0.05) is 41.9 Å². The Morgan fingerprint density at radius 1 is 1.00 bits per heavy atom. The summed E-state index contributed by atoms with van der Waals surface area (Å²) in [4.78, 5) is 24.4. The Hall–Kier alpha value is -2.60. The Morgan fingerprint density at radius 3 is 2.16 bits per heavy atom. The van der Waals surface area contributed by atoms with E-state index in [4.69, 9.17) is 11.6 Å². The number of carbonyl (C=O) groups is 2. The largest absolute Gasteiger partial charge is 0.416 e. The van der Waals surface area contributed by atoms with Crippen molar-refractivity contribution < 1.29 is 22.8 Å². The van der Waals surface area contributed by atoms with Crippen LogP contribution in [-0.2, 0) is 6.18 Å². The summed E-state index contributed by atoms with van der Waals surface area (Å²) in [6.07, 6.45) is -3.13. The maximum Gasteiger partial charge on any atom is 0.416 e. The van der Waals surface area contributed by atoms with E-state index in [-0.39, 0.29) is 22.8 Å². The van der Waals surface area contributed by atoms with E-state index in [1.165, 1.54) is 6.08 Å². The van der Waals surface area contributed by atoms with Crippen LogP contribution in [0.3, 0.4) is 0 Å². The van der Waals surface area contributed by atoms with Crippen LogP contribution < -0.4 is 5.32 Å². The van der Waals surface area contributed by atoms with Crippen LogP contribution in [0, 0.1) is 0 Å². The van der Waals surface area contributed by atoms with E-state index in [0.29, 0.717) is 11.1 Å². The molecule has 0 aliphatic heterocycles. The monoisotopic (exact) mass is 365 g/mol. The first-order valence-corrected chi connectivity index (χ1v) is 7.66. The number of nitrogens with one attached hydrogen (secondary N) is 1. The lowest BCUT2D eigenvalue weighted by molar-refractivity contribution is -0.137. The minimum Gasteiger partial charge on any atom is -0.380 e. The van der Waals surface area contributed by atoms with E-state index in [9.17, 15) is 22.8 Å². The molecule has 0 radical (unpaired) electrons. The third-order valence-electron chi connectivity index (χ3n) is 3.80. The van der Waals surface area contributed by atoms with Crippen LogP contribution in [0.25, 0.3) is 0 Å². The number of benzene rings is 2. The minimum absolute atomic E-state index is 0.00296. The third kappa shape index (κ3) is 3.30. The van der Waals surface area contributed by atoms with Crippen LogP contribution in [0.5, 0.6) is 0 Å². The number of carbonyl (C=O) groups excluding carboxylic acids is 2. The van der Waals surface area contributed by atoms with Crippen LogP contribution in [-0.4, -0.2) is 18.1 Å². The third-order valence-corrected chi connectivity index (χ3v) is 4.13. The second-order valence-corrected chi connectivity index (χ2v) is 5.80. The summed E-state index contributed by atoms with van der Waals surface area (Å²) in [5.74, 6) is -0.782. The molecule has 0 fully saturated rings. The van der Waals surface area contributed by atoms with E-state index in [1.807, 2.05) is 0 Å². The quantitative estimate of drug-likeness (QED) is 0.629. The molecule has 1 aliphatic carbocycles. The smallest absolute Gasteiger partial charge is 0.380 e. The Bertz CT molecular complexity index is 866. The predicted octanol–water partition coefficient (Wildman–Crippen LogP) is 4.78. The van der Waals surface area contributed by atoms with Gasteiger partial charge in [0.25, 0.3) is 0 Å². The summed E-state index contributed by atoms with van der Waals surface area (Å²) >= 11 is 5.89. The number of hydrogen-bond acceptors (Lipinski definition) is 3. The highest BCUT2D eigenvalue weighted by Gasteiger charge is 2.32. The molecule has 0 aromatic heterocycles. The molecule has 0 spiro atoms. The van der Waals surface area contributed by atoms with Gasteiger partial charge in [0, 0.05) is 17.7 Å². The van der Waals surface area contributed by atoms with Gasteiger partial charge in [0.2, 0.25) is 0 Å². The molecule has 0 bridgehead atoms. The van der Waals surface area contributed by atoms with Gasteiger partial charge in [-0.2, -0.15) is 13.2 Å². The Kier molecular flexibility index (Phi) is 4.39. The number of fused-ring (bicyclic) bond motifs is 1. The Morgan fingerprint density at radius 2 is 1.60 bits per heavy atom. The highest BCUT2D eigenvalue weighted by molar-refractivity contribution is 6.39. The number of ketones is 2. The van der Waals surface area contributed by atoms with Crippen LogP contribution in [0.4, 0.5) is 18.9 Å². The van der Waals surface area contributed by atoms with Crippen molar-refractivity contribution in [1.82, 2.24) is 0 Å². The molecule has 0 atom stereocenters. The van der Waals surface area contributed by atoms with Crippen LogP contribution in [0.1, 0.15) is 26.3 Å². The van der Waals surface area contributed by atoms with Crippen molar-refractivity contribution in [3.63, 3.8) is 0 Å². The maximum atomic E-state index is 12.7. The lowest BCUT2D eigenvalue weighted by Crippen LogP contribution is -2.08. The first-order chi connectivity index (χ1) is 11.8. The first kappa shape index (κ1) is 17.2. The van der Waals surface area contributed by atoms with Crippen molar-refractivity contribution in [3.05, 3.63) is 75.8 Å². The number of Topliss-reactive ketones (excluding diaryl/α,β-unsaturated/α-hetero) is 2. The number of anilines is 1. The molecule has 2 aromatic rings. The summed E-state index contributed by atoms with van der Waals surface area (Å²) in [7, 11) is 0. The molecule has 0 unspecified atom stereocenters. The van der Waals surface area contributed by atoms with Gasteiger partial charge in [-0.25, -0.2) is 0 Å². The van der Waals surface area contributed by atoms with Gasteiger partial charge in [0.1, 0.15) is 0 Å². The molecule has 1 aliphatic rings. The highest BCUT2D eigenvalue weighted by atomic mass is 35.5. The van der Waals surface area contributed by atoms with Gasteiger partial charge in [0.05, 0.1) is 21.8 Å². The number of allylic oxidation sites excluding steroid dienone is 1. The van der Waals surface area contributed by atoms with Gasteiger partial charge < -0.3 is 5.32 Å². The summed E-state index contributed by atoms with van der Waals surface area (Å²) < 4.78 is 38.2. The standard InChI is InChI=1S/C18H11ClF3NO2/c19-14-6-5-10(18(20,21)22)9-15(14)23-8-7-13-16(24)11-3-1-2-4-12(11)17(13)25/h1-7,9,23H,8H2. The molecule has 1 N–H and O–H groups in total. The molecule has 0 saturated heterocycles. The zero-order valence-electron chi connectivity index (χ0n) is 12.7. The molecule has 128 valence electrons. The molecule has 0 saturated carbocycles. The topological polar surface area (TPSA) is 46.2 Å². The number of rotatable bonds is 3. The van der Waals surface area contributed by atoms with Gasteiger partial charge in [-0.05, 0) is 18.2 Å². The van der Waals surface area contributed by atoms with Gasteiger partial charge in [-0.15, -0.1) is 0 Å². The van der Waals surface area contributed by atoms with Gasteiger partial charge in [-0.3, -0.25) is 9.59 Å². The fourth-order valence-electron chi connectivity index (χ4n) is 2.56. The summed E-state index contributed by atoms with van der Waals surface area (Å²) in [5, 5.41) is 2.82. The van der Waals surface area contributed by atoms with E-state index in [0.717, 1.165) is 18.2 Å². The molecule has 2 aromatic carbocycles. The van der Waals surface area contributed by atoms with E-state index in [2.05, 4.69) is 5.32 Å². The van der Waals surface area contributed by atoms with E-state index < -0.39 is 23.3 Å². The number of hydrogen-bond donors (Lipinski definition) is 1. The SMILES string of the molecule is O=C1C(=CCNc2cc(C(F)(F)F)ccc2Cl)C(=O)c2ccccc21. The average Bonchev–Trinajstić information content (AvgIpc) is 2.81. The summed E-state index contributed by atoms with van der Waals surface area (Å²) in [6.45, 7) is -0.0121. The van der Waals surface area contributed by atoms with Crippen LogP contribution in [0.2, 0.25) is 5.02 Å². The Balaban J connectivity index is 1.79.